The van der Waals surface area contributed by atoms with Crippen LogP contribution in [0, 0.1) is 0 Å². The lowest BCUT2D eigenvalue weighted by molar-refractivity contribution is 0.102. The Labute approximate surface area is 135 Å². The van der Waals surface area contributed by atoms with E-state index in [-0.39, 0.29) is 5.91 Å². The van der Waals surface area contributed by atoms with Crippen molar-refractivity contribution in [3.8, 4) is 0 Å². The first kappa shape index (κ1) is 14.4. The summed E-state index contributed by atoms with van der Waals surface area (Å²) in [6, 6.07) is 8.58. The van der Waals surface area contributed by atoms with Gasteiger partial charge in [-0.15, -0.1) is 11.3 Å². The van der Waals surface area contributed by atoms with Crippen LogP contribution in [0.1, 0.15) is 10.5 Å². The van der Waals surface area contributed by atoms with Crippen molar-refractivity contribution in [2.45, 2.75) is 0 Å². The standard InChI is InChI=1S/C14H10ClN5OS/c15-9-2-4-10(5-3-9)18-12(21)11-8-22-14(19-11)20-13-16-6-1-7-17-13/h1-8H,(H,18,21)(H,16,17,19,20). The molecule has 8 heteroatoms. The van der Waals surface area contributed by atoms with Gasteiger partial charge >= 0.3 is 0 Å². The number of hydrogen-bond donors (Lipinski definition) is 2. The van der Waals surface area contributed by atoms with Gasteiger partial charge in [-0.05, 0) is 30.3 Å². The maximum absolute atomic E-state index is 12.1. The van der Waals surface area contributed by atoms with Crippen molar-refractivity contribution in [1.82, 2.24) is 15.0 Å². The Bertz CT molecular complexity index is 775. The number of nitrogens with zero attached hydrogens (tertiary/aromatic N) is 3. The molecule has 2 aromatic heterocycles. The van der Waals surface area contributed by atoms with Crippen LogP contribution < -0.4 is 10.6 Å². The number of amides is 1. The first-order valence-electron chi connectivity index (χ1n) is 6.27. The highest BCUT2D eigenvalue weighted by molar-refractivity contribution is 7.14. The molecule has 0 fully saturated rings. The van der Waals surface area contributed by atoms with Crippen molar-refractivity contribution in [3.05, 3.63) is 58.8 Å². The van der Waals surface area contributed by atoms with Crippen LogP contribution in [0.15, 0.2) is 48.1 Å². The van der Waals surface area contributed by atoms with E-state index in [4.69, 9.17) is 11.6 Å². The van der Waals surface area contributed by atoms with Gasteiger partial charge in [-0.25, -0.2) is 15.0 Å². The highest BCUT2D eigenvalue weighted by Gasteiger charge is 2.11. The third-order valence-corrected chi connectivity index (χ3v) is 3.63. The van der Waals surface area contributed by atoms with E-state index in [1.165, 1.54) is 11.3 Å². The molecule has 3 rings (SSSR count). The maximum Gasteiger partial charge on any atom is 0.275 e. The Hall–Kier alpha value is -2.51. The molecule has 0 aliphatic heterocycles. The number of carbonyl (C=O) groups is 1. The second kappa shape index (κ2) is 6.50. The molecule has 0 aliphatic rings. The van der Waals surface area contributed by atoms with E-state index >= 15 is 0 Å². The molecular weight excluding hydrogens is 322 g/mol. The number of aromatic nitrogens is 3. The van der Waals surface area contributed by atoms with Crippen LogP contribution in [0.25, 0.3) is 0 Å². The van der Waals surface area contributed by atoms with E-state index in [0.717, 1.165) is 0 Å². The maximum atomic E-state index is 12.1. The zero-order valence-corrected chi connectivity index (χ0v) is 12.7. The number of halogens is 1. The van der Waals surface area contributed by atoms with Gasteiger partial charge in [0.05, 0.1) is 0 Å². The Morgan fingerprint density at radius 3 is 2.59 bits per heavy atom. The zero-order valence-electron chi connectivity index (χ0n) is 11.2. The molecule has 0 saturated heterocycles. The molecule has 110 valence electrons. The number of hydrogen-bond acceptors (Lipinski definition) is 6. The largest absolute Gasteiger partial charge is 0.321 e. The fraction of sp³-hybridized carbons (Fsp3) is 0. The predicted octanol–water partition coefficient (Wildman–Crippen LogP) is 3.58. The van der Waals surface area contributed by atoms with Gasteiger partial charge in [0.2, 0.25) is 5.95 Å². The van der Waals surface area contributed by atoms with Crippen LogP contribution in [-0.2, 0) is 0 Å². The van der Waals surface area contributed by atoms with E-state index in [9.17, 15) is 4.79 Å². The summed E-state index contributed by atoms with van der Waals surface area (Å²) in [6.45, 7) is 0. The summed E-state index contributed by atoms with van der Waals surface area (Å²) in [7, 11) is 0. The summed E-state index contributed by atoms with van der Waals surface area (Å²) in [5.41, 5.74) is 0.974. The quantitative estimate of drug-likeness (QED) is 0.763. The molecule has 6 nitrogen and oxygen atoms in total. The van der Waals surface area contributed by atoms with Crippen LogP contribution in [0.2, 0.25) is 5.02 Å². The molecule has 0 unspecified atom stereocenters. The molecule has 0 spiro atoms. The number of rotatable bonds is 4. The summed E-state index contributed by atoms with van der Waals surface area (Å²) in [5, 5.41) is 8.51. The van der Waals surface area contributed by atoms with Crippen LogP contribution in [0.3, 0.4) is 0 Å². The van der Waals surface area contributed by atoms with Crippen molar-refractivity contribution >= 4 is 45.6 Å². The van der Waals surface area contributed by atoms with Gasteiger partial charge in [0, 0.05) is 28.5 Å². The second-order valence-electron chi connectivity index (χ2n) is 4.20. The van der Waals surface area contributed by atoms with Gasteiger partial charge in [0.1, 0.15) is 5.69 Å². The van der Waals surface area contributed by atoms with Crippen LogP contribution in [0.5, 0.6) is 0 Å². The van der Waals surface area contributed by atoms with Crippen molar-refractivity contribution in [3.63, 3.8) is 0 Å². The van der Waals surface area contributed by atoms with E-state index in [1.54, 1.807) is 48.1 Å². The van der Waals surface area contributed by atoms with Crippen LogP contribution in [-0.4, -0.2) is 20.9 Å². The van der Waals surface area contributed by atoms with Gasteiger partial charge in [0.25, 0.3) is 5.91 Å². The lowest BCUT2D eigenvalue weighted by atomic mass is 10.3. The lowest BCUT2D eigenvalue weighted by Crippen LogP contribution is -2.12. The second-order valence-corrected chi connectivity index (χ2v) is 5.49. The highest BCUT2D eigenvalue weighted by atomic mass is 35.5. The smallest absolute Gasteiger partial charge is 0.275 e. The summed E-state index contributed by atoms with van der Waals surface area (Å²) in [4.78, 5) is 24.4. The fourth-order valence-electron chi connectivity index (χ4n) is 1.62. The van der Waals surface area contributed by atoms with E-state index in [1.807, 2.05) is 0 Å². The van der Waals surface area contributed by atoms with Crippen molar-refractivity contribution < 1.29 is 4.79 Å². The molecule has 2 heterocycles. The fourth-order valence-corrected chi connectivity index (χ4v) is 2.43. The minimum Gasteiger partial charge on any atom is -0.321 e. The number of carbonyl (C=O) groups excluding carboxylic acids is 1. The van der Waals surface area contributed by atoms with Gasteiger partial charge in [-0.2, -0.15) is 0 Å². The molecule has 0 saturated carbocycles. The summed E-state index contributed by atoms with van der Waals surface area (Å²) < 4.78 is 0. The normalized spacial score (nSPS) is 10.2. The Morgan fingerprint density at radius 2 is 1.86 bits per heavy atom. The van der Waals surface area contributed by atoms with Crippen molar-refractivity contribution in [2.24, 2.45) is 0 Å². The average Bonchev–Trinajstić information content (AvgIpc) is 2.99. The summed E-state index contributed by atoms with van der Waals surface area (Å²) in [6.07, 6.45) is 3.24. The summed E-state index contributed by atoms with van der Waals surface area (Å²) >= 11 is 7.10. The molecule has 0 aliphatic carbocycles. The molecular formula is C14H10ClN5OS. The van der Waals surface area contributed by atoms with Gasteiger partial charge in [0.15, 0.2) is 5.13 Å². The molecule has 0 radical (unpaired) electrons. The minimum absolute atomic E-state index is 0.291. The van der Waals surface area contributed by atoms with Crippen LogP contribution in [0.4, 0.5) is 16.8 Å². The Balaban J connectivity index is 1.67. The molecule has 2 N–H and O–H groups in total. The molecule has 22 heavy (non-hydrogen) atoms. The molecule has 0 bridgehead atoms. The number of thiazole rings is 1. The molecule has 3 aromatic rings. The van der Waals surface area contributed by atoms with Gasteiger partial charge in [-0.1, -0.05) is 11.6 Å². The van der Waals surface area contributed by atoms with Crippen molar-refractivity contribution in [2.75, 3.05) is 10.6 Å². The van der Waals surface area contributed by atoms with Gasteiger partial charge < -0.3 is 10.6 Å². The molecule has 1 amide bonds. The molecule has 1 aromatic carbocycles. The Kier molecular flexibility index (Phi) is 4.27. The number of nitrogens with one attached hydrogen (secondary N) is 2. The van der Waals surface area contributed by atoms with E-state index in [0.29, 0.717) is 27.5 Å². The van der Waals surface area contributed by atoms with E-state index < -0.39 is 0 Å². The molecule has 0 atom stereocenters. The summed E-state index contributed by atoms with van der Waals surface area (Å²) in [5.74, 6) is 0.141. The first-order chi connectivity index (χ1) is 10.7. The third kappa shape index (κ3) is 3.57. The first-order valence-corrected chi connectivity index (χ1v) is 7.53. The zero-order chi connectivity index (χ0) is 15.4. The lowest BCUT2D eigenvalue weighted by Gasteiger charge is -2.02. The SMILES string of the molecule is O=C(Nc1ccc(Cl)cc1)c1csc(Nc2ncccn2)n1. The monoisotopic (exact) mass is 331 g/mol. The number of anilines is 3. The van der Waals surface area contributed by atoms with Gasteiger partial charge in [-0.3, -0.25) is 4.79 Å². The van der Waals surface area contributed by atoms with E-state index in [2.05, 4.69) is 25.6 Å². The average molecular weight is 332 g/mol. The number of benzene rings is 1. The van der Waals surface area contributed by atoms with Crippen molar-refractivity contribution in [1.29, 1.82) is 0 Å². The van der Waals surface area contributed by atoms with Crippen LogP contribution >= 0.6 is 22.9 Å². The highest BCUT2D eigenvalue weighted by Crippen LogP contribution is 2.20. The third-order valence-electron chi connectivity index (χ3n) is 2.62. The minimum atomic E-state index is -0.291. The topological polar surface area (TPSA) is 79.8 Å². The Morgan fingerprint density at radius 1 is 1.14 bits per heavy atom. The predicted molar refractivity (Wildman–Crippen MR) is 86.8 cm³/mol.